The Kier molecular flexibility index (Phi) is 3.42. The van der Waals surface area contributed by atoms with E-state index in [4.69, 9.17) is 0 Å². The molecule has 0 unspecified atom stereocenters. The third-order valence-corrected chi connectivity index (χ3v) is 4.27. The normalized spacial score (nSPS) is 13.1. The fourth-order valence-electron chi connectivity index (χ4n) is 2.98. The van der Waals surface area contributed by atoms with Crippen LogP contribution in [0.4, 0.5) is 0 Å². The molecule has 1 amide bonds. The molecule has 0 spiro atoms. The predicted octanol–water partition coefficient (Wildman–Crippen LogP) is 2.96. The number of carbonyl (C=O) groups is 1. The second-order valence-electron chi connectivity index (χ2n) is 5.83. The number of amides is 1. The number of benzene rings is 1. The van der Waals surface area contributed by atoms with Gasteiger partial charge in [0.1, 0.15) is 0 Å². The molecular weight excluding hydrogens is 286 g/mol. The number of carbonyl (C=O) groups excluding carboxylic acids is 1. The molecule has 1 aromatic carbocycles. The molecule has 0 bridgehead atoms. The summed E-state index contributed by atoms with van der Waals surface area (Å²) >= 11 is 0. The van der Waals surface area contributed by atoms with Gasteiger partial charge in [-0.1, -0.05) is 12.1 Å². The number of nitrogens with zero attached hydrogens (tertiary/aromatic N) is 3. The van der Waals surface area contributed by atoms with Gasteiger partial charge < -0.3 is 9.47 Å². The maximum atomic E-state index is 12.5. The van der Waals surface area contributed by atoms with Crippen LogP contribution in [0.15, 0.2) is 67.3 Å². The molecule has 0 N–H and O–H groups in total. The summed E-state index contributed by atoms with van der Waals surface area (Å²) in [4.78, 5) is 18.5. The molecule has 23 heavy (non-hydrogen) atoms. The lowest BCUT2D eigenvalue weighted by Crippen LogP contribution is -2.26. The van der Waals surface area contributed by atoms with E-state index in [0.29, 0.717) is 19.5 Å². The zero-order valence-corrected chi connectivity index (χ0v) is 12.7. The topological polar surface area (TPSA) is 38.1 Å². The van der Waals surface area contributed by atoms with Crippen LogP contribution in [-0.4, -0.2) is 20.4 Å². The first-order chi connectivity index (χ1) is 11.3. The summed E-state index contributed by atoms with van der Waals surface area (Å²) in [5.41, 5.74) is 4.51. The summed E-state index contributed by atoms with van der Waals surface area (Å²) in [6, 6.07) is 14.1. The van der Waals surface area contributed by atoms with Gasteiger partial charge in [-0.3, -0.25) is 9.78 Å². The van der Waals surface area contributed by atoms with Crippen LogP contribution in [0.5, 0.6) is 0 Å². The second kappa shape index (κ2) is 5.72. The first kappa shape index (κ1) is 13.8. The predicted molar refractivity (Wildman–Crippen MR) is 88.0 cm³/mol. The van der Waals surface area contributed by atoms with E-state index >= 15 is 0 Å². The molecule has 0 atom stereocenters. The van der Waals surface area contributed by atoms with Crippen LogP contribution < -0.4 is 0 Å². The van der Waals surface area contributed by atoms with E-state index < -0.39 is 0 Å². The van der Waals surface area contributed by atoms with Crippen LogP contribution >= 0.6 is 0 Å². The maximum Gasteiger partial charge on any atom is 0.227 e. The lowest BCUT2D eigenvalue weighted by Gasteiger charge is -2.15. The van der Waals surface area contributed by atoms with Crippen LogP contribution in [0.2, 0.25) is 0 Å². The number of fused-ring (bicyclic) bond motifs is 1. The van der Waals surface area contributed by atoms with Gasteiger partial charge in [0.15, 0.2) is 0 Å². The highest BCUT2D eigenvalue weighted by Crippen LogP contribution is 2.22. The van der Waals surface area contributed by atoms with Crippen LogP contribution in [0.3, 0.4) is 0 Å². The Morgan fingerprint density at radius 1 is 1.00 bits per heavy atom. The maximum absolute atomic E-state index is 12.5. The average Bonchev–Trinajstić information content (AvgIpc) is 3.25. The number of aromatic nitrogens is 2. The van der Waals surface area contributed by atoms with Crippen LogP contribution in [0.25, 0.3) is 5.69 Å². The molecule has 0 fully saturated rings. The molecule has 3 aromatic rings. The zero-order chi connectivity index (χ0) is 15.6. The van der Waals surface area contributed by atoms with E-state index in [9.17, 15) is 4.79 Å². The van der Waals surface area contributed by atoms with Crippen molar-refractivity contribution in [3.8, 4) is 5.69 Å². The number of rotatable bonds is 3. The van der Waals surface area contributed by atoms with Gasteiger partial charge in [0, 0.05) is 43.6 Å². The molecule has 4 nitrogen and oxygen atoms in total. The van der Waals surface area contributed by atoms with Gasteiger partial charge in [-0.25, -0.2) is 0 Å². The molecule has 0 saturated carbocycles. The monoisotopic (exact) mass is 303 g/mol. The van der Waals surface area contributed by atoms with Gasteiger partial charge in [-0.2, -0.15) is 0 Å². The average molecular weight is 303 g/mol. The lowest BCUT2D eigenvalue weighted by atomic mass is 10.1. The summed E-state index contributed by atoms with van der Waals surface area (Å²) in [5, 5.41) is 0. The highest BCUT2D eigenvalue weighted by molar-refractivity contribution is 5.79. The Morgan fingerprint density at radius 3 is 2.48 bits per heavy atom. The largest absolute Gasteiger partial charge is 0.334 e. The highest BCUT2D eigenvalue weighted by Gasteiger charge is 2.23. The molecular formula is C19H17N3O. The highest BCUT2D eigenvalue weighted by atomic mass is 16.2. The summed E-state index contributed by atoms with van der Waals surface area (Å²) < 4.78 is 2.05. The van der Waals surface area contributed by atoms with Crippen molar-refractivity contribution >= 4 is 5.91 Å². The molecule has 1 aliphatic rings. The minimum absolute atomic E-state index is 0.162. The number of hydrogen-bond donors (Lipinski definition) is 0. The third-order valence-electron chi connectivity index (χ3n) is 4.27. The van der Waals surface area contributed by atoms with E-state index in [2.05, 4.69) is 9.55 Å². The van der Waals surface area contributed by atoms with Gasteiger partial charge >= 0.3 is 0 Å². The van der Waals surface area contributed by atoms with Crippen LogP contribution in [0, 0.1) is 0 Å². The van der Waals surface area contributed by atoms with Gasteiger partial charge in [0.2, 0.25) is 5.91 Å². The van der Waals surface area contributed by atoms with E-state index in [0.717, 1.165) is 16.8 Å². The fourth-order valence-corrected chi connectivity index (χ4v) is 2.98. The van der Waals surface area contributed by atoms with Crippen molar-refractivity contribution in [1.82, 2.24) is 14.5 Å². The second-order valence-corrected chi connectivity index (χ2v) is 5.83. The molecule has 0 radical (unpaired) electrons. The van der Waals surface area contributed by atoms with Crippen molar-refractivity contribution in [1.29, 1.82) is 0 Å². The lowest BCUT2D eigenvalue weighted by molar-refractivity contribution is -0.131. The minimum atomic E-state index is 0.162. The Bertz CT molecular complexity index is 797. The minimum Gasteiger partial charge on any atom is -0.334 e. The van der Waals surface area contributed by atoms with Gasteiger partial charge in [0.05, 0.1) is 6.42 Å². The van der Waals surface area contributed by atoms with E-state index in [-0.39, 0.29) is 5.91 Å². The Hall–Kier alpha value is -2.88. The molecule has 1 aliphatic heterocycles. The number of pyridine rings is 1. The first-order valence-corrected chi connectivity index (χ1v) is 7.71. The molecule has 3 heterocycles. The fraction of sp³-hybridized carbons (Fsp3) is 0.158. The quantitative estimate of drug-likeness (QED) is 0.746. The zero-order valence-electron chi connectivity index (χ0n) is 12.7. The van der Waals surface area contributed by atoms with Crippen molar-refractivity contribution in [3.05, 3.63) is 83.9 Å². The van der Waals surface area contributed by atoms with E-state index in [1.807, 2.05) is 66.0 Å². The van der Waals surface area contributed by atoms with Crippen LogP contribution in [0.1, 0.15) is 16.7 Å². The molecule has 2 aromatic heterocycles. The van der Waals surface area contributed by atoms with Crippen LogP contribution in [-0.2, 0) is 24.3 Å². The summed E-state index contributed by atoms with van der Waals surface area (Å²) in [5.74, 6) is 0.162. The Labute approximate surface area is 135 Å². The molecule has 114 valence electrons. The molecule has 0 saturated heterocycles. The number of hydrogen-bond acceptors (Lipinski definition) is 2. The van der Waals surface area contributed by atoms with Crippen molar-refractivity contribution in [2.24, 2.45) is 0 Å². The van der Waals surface area contributed by atoms with Crippen molar-refractivity contribution in [2.45, 2.75) is 19.5 Å². The Morgan fingerprint density at radius 2 is 1.74 bits per heavy atom. The SMILES string of the molecule is O=C(Cc1ccc(-n2cccc2)cc1)N1Cc2ccncc2C1. The smallest absolute Gasteiger partial charge is 0.227 e. The van der Waals surface area contributed by atoms with Gasteiger partial charge in [0.25, 0.3) is 0 Å². The molecule has 4 heteroatoms. The molecule has 0 aliphatic carbocycles. The Balaban J connectivity index is 1.44. The van der Waals surface area contributed by atoms with Crippen molar-refractivity contribution in [2.75, 3.05) is 0 Å². The van der Waals surface area contributed by atoms with E-state index in [1.165, 1.54) is 5.56 Å². The summed E-state index contributed by atoms with van der Waals surface area (Å²) in [6.45, 7) is 1.36. The van der Waals surface area contributed by atoms with Crippen molar-refractivity contribution in [3.63, 3.8) is 0 Å². The van der Waals surface area contributed by atoms with E-state index in [1.54, 1.807) is 6.20 Å². The summed E-state index contributed by atoms with van der Waals surface area (Å²) in [7, 11) is 0. The summed E-state index contributed by atoms with van der Waals surface area (Å²) in [6.07, 6.45) is 8.10. The third kappa shape index (κ3) is 2.75. The van der Waals surface area contributed by atoms with Gasteiger partial charge in [-0.15, -0.1) is 0 Å². The standard InChI is InChI=1S/C19H17N3O/c23-19(22-13-16-7-8-20-12-17(16)14-22)11-15-3-5-18(6-4-15)21-9-1-2-10-21/h1-10,12H,11,13-14H2. The van der Waals surface area contributed by atoms with Gasteiger partial charge in [-0.05, 0) is 47.0 Å². The molecule has 4 rings (SSSR count). The van der Waals surface area contributed by atoms with Crippen molar-refractivity contribution < 1.29 is 4.79 Å². The first-order valence-electron chi connectivity index (χ1n) is 7.71.